The Bertz CT molecular complexity index is 1060. The van der Waals surface area contributed by atoms with E-state index in [4.69, 9.17) is 9.15 Å². The van der Waals surface area contributed by atoms with E-state index < -0.39 is 0 Å². The van der Waals surface area contributed by atoms with Gasteiger partial charge in [0.25, 0.3) is 11.8 Å². The van der Waals surface area contributed by atoms with Gasteiger partial charge in [-0.3, -0.25) is 14.4 Å². The van der Waals surface area contributed by atoms with Gasteiger partial charge >= 0.3 is 0 Å². The van der Waals surface area contributed by atoms with Crippen molar-refractivity contribution >= 4 is 23.4 Å². The Morgan fingerprint density at radius 3 is 2.48 bits per heavy atom. The highest BCUT2D eigenvalue weighted by Crippen LogP contribution is 2.14. The van der Waals surface area contributed by atoms with E-state index in [1.165, 1.54) is 6.26 Å². The molecular formula is C25H27N3O5. The minimum absolute atomic E-state index is 0.150. The second kappa shape index (κ2) is 12.1. The molecule has 0 aliphatic heterocycles. The first kappa shape index (κ1) is 23.6. The van der Waals surface area contributed by atoms with Crippen molar-refractivity contribution in [3.8, 4) is 5.75 Å². The van der Waals surface area contributed by atoms with Crippen molar-refractivity contribution in [2.45, 2.75) is 26.3 Å². The van der Waals surface area contributed by atoms with Crippen molar-refractivity contribution in [1.29, 1.82) is 0 Å². The third kappa shape index (κ3) is 7.53. The molecule has 3 rings (SSSR count). The Morgan fingerprint density at radius 2 is 1.76 bits per heavy atom. The molecule has 0 spiro atoms. The van der Waals surface area contributed by atoms with Gasteiger partial charge in [0.1, 0.15) is 5.75 Å². The van der Waals surface area contributed by atoms with Crippen molar-refractivity contribution in [1.82, 2.24) is 10.6 Å². The van der Waals surface area contributed by atoms with Crippen molar-refractivity contribution in [3.05, 3.63) is 83.8 Å². The number of hydrogen-bond acceptors (Lipinski definition) is 5. The molecular weight excluding hydrogens is 422 g/mol. The highest BCUT2D eigenvalue weighted by Gasteiger charge is 2.10. The Morgan fingerprint density at radius 1 is 0.939 bits per heavy atom. The van der Waals surface area contributed by atoms with E-state index in [-0.39, 0.29) is 36.6 Å². The molecule has 1 heterocycles. The SMILES string of the molecule is CCCCOc1ccc(C(=O)NCC(=O)NCc2cccc(NC(=O)c3ccco3)c2)cc1. The first-order valence-corrected chi connectivity index (χ1v) is 10.8. The van der Waals surface area contributed by atoms with E-state index in [0.717, 1.165) is 18.4 Å². The van der Waals surface area contributed by atoms with Gasteiger partial charge < -0.3 is 25.1 Å². The van der Waals surface area contributed by atoms with Crippen molar-refractivity contribution in [3.63, 3.8) is 0 Å². The molecule has 0 aliphatic rings. The standard InChI is InChI=1S/C25H27N3O5/c1-2-3-13-32-21-11-9-19(10-12-21)24(30)27-17-23(29)26-16-18-6-4-7-20(15-18)28-25(31)22-8-5-14-33-22/h4-12,14-15H,2-3,13,16-17H2,1H3,(H,26,29)(H,27,30)(H,28,31). The number of furan rings is 1. The van der Waals surface area contributed by atoms with Crippen LogP contribution in [0.3, 0.4) is 0 Å². The van der Waals surface area contributed by atoms with Crippen LogP contribution in [0.5, 0.6) is 5.75 Å². The maximum absolute atomic E-state index is 12.3. The number of carbonyl (C=O) groups is 3. The van der Waals surface area contributed by atoms with Gasteiger partial charge in [0.05, 0.1) is 19.4 Å². The lowest BCUT2D eigenvalue weighted by molar-refractivity contribution is -0.120. The third-order valence-corrected chi connectivity index (χ3v) is 4.71. The first-order chi connectivity index (χ1) is 16.0. The van der Waals surface area contributed by atoms with Crippen LogP contribution in [0, 0.1) is 0 Å². The summed E-state index contributed by atoms with van der Waals surface area (Å²) in [7, 11) is 0. The van der Waals surface area contributed by atoms with Crippen LogP contribution >= 0.6 is 0 Å². The number of benzene rings is 2. The first-order valence-electron chi connectivity index (χ1n) is 10.8. The zero-order valence-corrected chi connectivity index (χ0v) is 18.4. The predicted octanol–water partition coefficient (Wildman–Crippen LogP) is 3.76. The van der Waals surface area contributed by atoms with Gasteiger partial charge in [-0.2, -0.15) is 0 Å². The Kier molecular flexibility index (Phi) is 8.64. The lowest BCUT2D eigenvalue weighted by Gasteiger charge is -2.09. The van der Waals surface area contributed by atoms with Gasteiger partial charge in [0.2, 0.25) is 5.91 Å². The van der Waals surface area contributed by atoms with E-state index in [0.29, 0.717) is 23.6 Å². The second-order valence-corrected chi connectivity index (χ2v) is 7.32. The molecule has 8 heteroatoms. The molecule has 0 saturated carbocycles. The summed E-state index contributed by atoms with van der Waals surface area (Å²) in [6.07, 6.45) is 3.45. The molecule has 8 nitrogen and oxygen atoms in total. The molecule has 0 aliphatic carbocycles. The largest absolute Gasteiger partial charge is 0.494 e. The molecule has 172 valence electrons. The maximum Gasteiger partial charge on any atom is 0.291 e. The van der Waals surface area contributed by atoms with Crippen LogP contribution in [0.2, 0.25) is 0 Å². The number of ether oxygens (including phenoxy) is 1. The lowest BCUT2D eigenvalue weighted by atomic mass is 10.2. The lowest BCUT2D eigenvalue weighted by Crippen LogP contribution is -2.36. The summed E-state index contributed by atoms with van der Waals surface area (Å²) in [6.45, 7) is 2.83. The summed E-state index contributed by atoms with van der Waals surface area (Å²) < 4.78 is 10.6. The Hall–Kier alpha value is -4.07. The fourth-order valence-corrected chi connectivity index (χ4v) is 2.92. The number of hydrogen-bond donors (Lipinski definition) is 3. The minimum atomic E-state index is -0.357. The number of carbonyl (C=O) groups excluding carboxylic acids is 3. The molecule has 0 fully saturated rings. The highest BCUT2D eigenvalue weighted by atomic mass is 16.5. The Balaban J connectivity index is 1.42. The summed E-state index contributed by atoms with van der Waals surface area (Å²) >= 11 is 0. The van der Waals surface area contributed by atoms with E-state index in [1.807, 2.05) is 6.07 Å². The topological polar surface area (TPSA) is 110 Å². The monoisotopic (exact) mass is 449 g/mol. The molecule has 0 unspecified atom stereocenters. The summed E-state index contributed by atoms with van der Waals surface area (Å²) in [5.41, 5.74) is 1.83. The number of amides is 3. The summed E-state index contributed by atoms with van der Waals surface area (Å²) in [4.78, 5) is 36.5. The smallest absolute Gasteiger partial charge is 0.291 e. The fourth-order valence-electron chi connectivity index (χ4n) is 2.92. The fraction of sp³-hybridized carbons (Fsp3) is 0.240. The number of rotatable bonds is 11. The normalized spacial score (nSPS) is 10.3. The van der Waals surface area contributed by atoms with Crippen molar-refractivity contribution in [2.75, 3.05) is 18.5 Å². The van der Waals surface area contributed by atoms with Gasteiger partial charge in [-0.05, 0) is 60.5 Å². The van der Waals surface area contributed by atoms with Crippen LogP contribution in [0.25, 0.3) is 0 Å². The molecule has 3 N–H and O–H groups in total. The third-order valence-electron chi connectivity index (χ3n) is 4.71. The Labute approximate surface area is 192 Å². The number of unbranched alkanes of at least 4 members (excludes halogenated alkanes) is 1. The van der Waals surface area contributed by atoms with Crippen LogP contribution in [0.15, 0.2) is 71.3 Å². The summed E-state index contributed by atoms with van der Waals surface area (Å²) in [5.74, 6) is -0.103. The molecule has 0 radical (unpaired) electrons. The zero-order chi connectivity index (χ0) is 23.5. The molecule has 3 amide bonds. The number of anilines is 1. The van der Waals surface area contributed by atoms with Crippen molar-refractivity contribution < 1.29 is 23.5 Å². The molecule has 3 aromatic rings. The highest BCUT2D eigenvalue weighted by molar-refractivity contribution is 6.02. The van der Waals surface area contributed by atoms with E-state index in [1.54, 1.807) is 54.6 Å². The van der Waals surface area contributed by atoms with Crippen LogP contribution < -0.4 is 20.7 Å². The summed E-state index contributed by atoms with van der Waals surface area (Å²) in [6, 6.07) is 17.1. The zero-order valence-electron chi connectivity index (χ0n) is 18.4. The quantitative estimate of drug-likeness (QED) is 0.386. The number of nitrogens with one attached hydrogen (secondary N) is 3. The van der Waals surface area contributed by atoms with Gasteiger partial charge in [0.15, 0.2) is 5.76 Å². The van der Waals surface area contributed by atoms with Crippen LogP contribution in [-0.2, 0) is 11.3 Å². The molecule has 33 heavy (non-hydrogen) atoms. The van der Waals surface area contributed by atoms with Gasteiger partial charge in [-0.25, -0.2) is 0 Å². The van der Waals surface area contributed by atoms with E-state index in [2.05, 4.69) is 22.9 Å². The van der Waals surface area contributed by atoms with Crippen LogP contribution in [-0.4, -0.2) is 30.9 Å². The molecule has 0 saturated heterocycles. The second-order valence-electron chi connectivity index (χ2n) is 7.32. The minimum Gasteiger partial charge on any atom is -0.494 e. The maximum atomic E-state index is 12.3. The van der Waals surface area contributed by atoms with Gasteiger partial charge in [0, 0.05) is 17.8 Å². The van der Waals surface area contributed by atoms with Crippen molar-refractivity contribution in [2.24, 2.45) is 0 Å². The average molecular weight is 450 g/mol. The predicted molar refractivity (Wildman–Crippen MR) is 124 cm³/mol. The van der Waals surface area contributed by atoms with Gasteiger partial charge in [-0.1, -0.05) is 25.5 Å². The van der Waals surface area contributed by atoms with E-state index >= 15 is 0 Å². The summed E-state index contributed by atoms with van der Waals surface area (Å²) in [5, 5.41) is 8.08. The molecule has 1 aromatic heterocycles. The molecule has 0 atom stereocenters. The molecule has 2 aromatic carbocycles. The van der Waals surface area contributed by atoms with Crippen LogP contribution in [0.4, 0.5) is 5.69 Å². The molecule has 0 bridgehead atoms. The van der Waals surface area contributed by atoms with Crippen LogP contribution in [0.1, 0.15) is 46.2 Å². The van der Waals surface area contributed by atoms with E-state index in [9.17, 15) is 14.4 Å². The van der Waals surface area contributed by atoms with Gasteiger partial charge in [-0.15, -0.1) is 0 Å². The average Bonchev–Trinajstić information content (AvgIpc) is 3.37.